The molecule has 0 aliphatic heterocycles. The fourth-order valence-corrected chi connectivity index (χ4v) is 4.08. The van der Waals surface area contributed by atoms with Crippen molar-refractivity contribution in [2.45, 2.75) is 27.0 Å². The van der Waals surface area contributed by atoms with Crippen molar-refractivity contribution in [1.29, 1.82) is 0 Å². The molecule has 0 aliphatic carbocycles. The lowest BCUT2D eigenvalue weighted by Gasteiger charge is -2.17. The third-order valence-corrected chi connectivity index (χ3v) is 5.62. The second-order valence-electron chi connectivity index (χ2n) is 5.99. The van der Waals surface area contributed by atoms with Gasteiger partial charge in [-0.1, -0.05) is 11.2 Å². The van der Waals surface area contributed by atoms with Crippen LogP contribution in [0.5, 0.6) is 5.75 Å². The van der Waals surface area contributed by atoms with E-state index in [-0.39, 0.29) is 5.91 Å². The molecule has 0 radical (unpaired) electrons. The normalized spacial score (nSPS) is 10.8. The summed E-state index contributed by atoms with van der Waals surface area (Å²) in [5, 5.41) is 3.92. The summed E-state index contributed by atoms with van der Waals surface area (Å²) in [6.45, 7) is 4.67. The largest absolute Gasteiger partial charge is 0.489 e. The number of aromatic nitrogens is 1. The van der Waals surface area contributed by atoms with Crippen LogP contribution >= 0.6 is 27.3 Å². The van der Waals surface area contributed by atoms with Crippen LogP contribution in [0.4, 0.5) is 0 Å². The number of halogens is 1. The number of nitrogens with zero attached hydrogens (tertiary/aromatic N) is 2. The summed E-state index contributed by atoms with van der Waals surface area (Å²) in [6.07, 6.45) is 0. The monoisotopic (exact) mass is 434 g/mol. The van der Waals surface area contributed by atoms with Crippen LogP contribution in [-0.4, -0.2) is 23.0 Å². The first-order chi connectivity index (χ1) is 12.4. The number of hydrogen-bond acceptors (Lipinski definition) is 5. The van der Waals surface area contributed by atoms with Gasteiger partial charge in [-0.25, -0.2) is 0 Å². The van der Waals surface area contributed by atoms with Crippen molar-refractivity contribution in [2.75, 3.05) is 7.05 Å². The Morgan fingerprint density at radius 2 is 2.12 bits per heavy atom. The van der Waals surface area contributed by atoms with Gasteiger partial charge >= 0.3 is 0 Å². The highest BCUT2D eigenvalue weighted by Crippen LogP contribution is 2.24. The lowest BCUT2D eigenvalue weighted by Crippen LogP contribution is -2.25. The summed E-state index contributed by atoms with van der Waals surface area (Å²) in [5.74, 6) is 1.34. The van der Waals surface area contributed by atoms with E-state index in [0.717, 1.165) is 25.7 Å². The standard InChI is InChI=1S/C19H19BrN2O3S/c1-12-17(13(2)25-21-12)11-24-15-6-4-5-14(9-15)19(23)22(3)10-16-7-8-18(20)26-16/h4-9H,10-11H2,1-3H3. The topological polar surface area (TPSA) is 55.6 Å². The van der Waals surface area contributed by atoms with Crippen LogP contribution in [-0.2, 0) is 13.2 Å². The first-order valence-electron chi connectivity index (χ1n) is 8.08. The molecule has 2 heterocycles. The summed E-state index contributed by atoms with van der Waals surface area (Å²) in [5.41, 5.74) is 2.35. The highest BCUT2D eigenvalue weighted by atomic mass is 79.9. The molecule has 3 rings (SSSR count). The number of rotatable bonds is 6. The molecule has 3 aromatic rings. The molecule has 0 spiro atoms. The van der Waals surface area contributed by atoms with Gasteiger partial charge in [-0.05, 0) is 60.1 Å². The number of thiophene rings is 1. The number of amides is 1. The summed E-state index contributed by atoms with van der Waals surface area (Å²) < 4.78 is 12.0. The molecule has 2 aromatic heterocycles. The van der Waals surface area contributed by atoms with Crippen molar-refractivity contribution in [3.05, 3.63) is 67.6 Å². The fraction of sp³-hybridized carbons (Fsp3) is 0.263. The average Bonchev–Trinajstić information content (AvgIpc) is 3.18. The molecule has 0 saturated carbocycles. The van der Waals surface area contributed by atoms with E-state index in [9.17, 15) is 4.79 Å². The maximum atomic E-state index is 12.7. The molecule has 0 N–H and O–H groups in total. The molecule has 136 valence electrons. The van der Waals surface area contributed by atoms with Crippen LogP contribution in [0, 0.1) is 13.8 Å². The van der Waals surface area contributed by atoms with Gasteiger partial charge in [-0.15, -0.1) is 11.3 Å². The van der Waals surface area contributed by atoms with Crippen molar-refractivity contribution < 1.29 is 14.1 Å². The van der Waals surface area contributed by atoms with E-state index in [2.05, 4.69) is 21.1 Å². The SMILES string of the molecule is Cc1noc(C)c1COc1cccc(C(=O)N(C)Cc2ccc(Br)s2)c1. The van der Waals surface area contributed by atoms with Gasteiger partial charge in [0.05, 0.1) is 21.6 Å². The molecule has 0 fully saturated rings. The third kappa shape index (κ3) is 4.34. The molecule has 1 aromatic carbocycles. The summed E-state index contributed by atoms with van der Waals surface area (Å²) in [4.78, 5) is 15.5. The number of ether oxygens (including phenoxy) is 1. The Hall–Kier alpha value is -2.12. The van der Waals surface area contributed by atoms with Crippen molar-refractivity contribution in [1.82, 2.24) is 10.1 Å². The molecule has 5 nitrogen and oxygen atoms in total. The zero-order valence-electron chi connectivity index (χ0n) is 14.8. The van der Waals surface area contributed by atoms with E-state index in [1.165, 1.54) is 0 Å². The molecule has 7 heteroatoms. The zero-order valence-corrected chi connectivity index (χ0v) is 17.2. The smallest absolute Gasteiger partial charge is 0.254 e. The molecule has 0 bridgehead atoms. The molecular weight excluding hydrogens is 416 g/mol. The second-order valence-corrected chi connectivity index (χ2v) is 8.53. The van der Waals surface area contributed by atoms with Crippen LogP contribution in [0.3, 0.4) is 0 Å². The molecule has 0 atom stereocenters. The number of carbonyl (C=O) groups is 1. The van der Waals surface area contributed by atoms with E-state index in [1.54, 1.807) is 35.4 Å². The average molecular weight is 435 g/mol. The third-order valence-electron chi connectivity index (χ3n) is 4.01. The summed E-state index contributed by atoms with van der Waals surface area (Å²) in [7, 11) is 1.80. The zero-order chi connectivity index (χ0) is 18.7. The Bertz CT molecular complexity index is 900. The van der Waals surface area contributed by atoms with Gasteiger partial charge in [-0.3, -0.25) is 4.79 Å². The number of hydrogen-bond donors (Lipinski definition) is 0. The highest BCUT2D eigenvalue weighted by molar-refractivity contribution is 9.11. The van der Waals surface area contributed by atoms with Gasteiger partial charge in [0.1, 0.15) is 18.1 Å². The molecule has 1 amide bonds. The van der Waals surface area contributed by atoms with Gasteiger partial charge in [0, 0.05) is 17.5 Å². The van der Waals surface area contributed by atoms with Crippen LogP contribution in [0.2, 0.25) is 0 Å². The van der Waals surface area contributed by atoms with E-state index in [0.29, 0.717) is 24.5 Å². The van der Waals surface area contributed by atoms with Crippen molar-refractivity contribution in [3.8, 4) is 5.75 Å². The molecule has 0 saturated heterocycles. The first kappa shape index (κ1) is 18.7. The van der Waals surface area contributed by atoms with Gasteiger partial charge in [0.25, 0.3) is 5.91 Å². The van der Waals surface area contributed by atoms with Crippen LogP contribution in [0.15, 0.2) is 44.7 Å². The predicted octanol–water partition coefficient (Wildman–Crippen LogP) is 4.97. The fourth-order valence-electron chi connectivity index (χ4n) is 2.55. The first-order valence-corrected chi connectivity index (χ1v) is 9.69. The lowest BCUT2D eigenvalue weighted by molar-refractivity contribution is 0.0786. The van der Waals surface area contributed by atoms with E-state index < -0.39 is 0 Å². The highest BCUT2D eigenvalue weighted by Gasteiger charge is 2.15. The van der Waals surface area contributed by atoms with Gasteiger partial charge < -0.3 is 14.2 Å². The van der Waals surface area contributed by atoms with Crippen molar-refractivity contribution >= 4 is 33.2 Å². The second kappa shape index (κ2) is 8.05. The number of carbonyl (C=O) groups excluding carboxylic acids is 1. The Morgan fingerprint density at radius 1 is 1.31 bits per heavy atom. The van der Waals surface area contributed by atoms with Gasteiger partial charge in [-0.2, -0.15) is 0 Å². The van der Waals surface area contributed by atoms with E-state index >= 15 is 0 Å². The van der Waals surface area contributed by atoms with Crippen LogP contribution in [0.25, 0.3) is 0 Å². The molecular formula is C19H19BrN2O3S. The molecule has 0 aliphatic rings. The van der Waals surface area contributed by atoms with Gasteiger partial charge in [0.15, 0.2) is 0 Å². The van der Waals surface area contributed by atoms with Gasteiger partial charge in [0.2, 0.25) is 0 Å². The lowest BCUT2D eigenvalue weighted by atomic mass is 10.2. The quantitative estimate of drug-likeness (QED) is 0.549. The Morgan fingerprint density at radius 3 is 2.77 bits per heavy atom. The minimum Gasteiger partial charge on any atom is -0.489 e. The molecule has 26 heavy (non-hydrogen) atoms. The maximum Gasteiger partial charge on any atom is 0.254 e. The van der Waals surface area contributed by atoms with Crippen molar-refractivity contribution in [2.24, 2.45) is 0 Å². The summed E-state index contributed by atoms with van der Waals surface area (Å²) >= 11 is 5.07. The molecule has 0 unspecified atom stereocenters. The van der Waals surface area contributed by atoms with Crippen molar-refractivity contribution in [3.63, 3.8) is 0 Å². The predicted molar refractivity (Wildman–Crippen MR) is 105 cm³/mol. The Labute approximate surface area is 164 Å². The number of benzene rings is 1. The summed E-state index contributed by atoms with van der Waals surface area (Å²) in [6, 6.07) is 11.2. The Balaban J connectivity index is 1.67. The minimum absolute atomic E-state index is 0.0442. The van der Waals surface area contributed by atoms with E-state index in [4.69, 9.17) is 9.26 Å². The van der Waals surface area contributed by atoms with E-state index in [1.807, 2.05) is 38.1 Å². The minimum atomic E-state index is -0.0442. The number of aryl methyl sites for hydroxylation is 2. The maximum absolute atomic E-state index is 12.7. The van der Waals surface area contributed by atoms with Crippen LogP contribution < -0.4 is 4.74 Å². The van der Waals surface area contributed by atoms with Crippen LogP contribution in [0.1, 0.15) is 32.3 Å². The Kier molecular flexibility index (Phi) is 5.78.